The van der Waals surface area contributed by atoms with E-state index < -0.39 is 5.41 Å². The Morgan fingerprint density at radius 1 is 1.10 bits per heavy atom. The van der Waals surface area contributed by atoms with Crippen molar-refractivity contribution in [2.45, 2.75) is 18.3 Å². The lowest BCUT2D eigenvalue weighted by molar-refractivity contribution is -0.114. The van der Waals surface area contributed by atoms with E-state index in [0.717, 1.165) is 17.5 Å². The Labute approximate surface area is 175 Å². The number of rotatable bonds is 7. The first kappa shape index (κ1) is 20.8. The smallest absolute Gasteiger partial charge is 0.222 e. The third-order valence-electron chi connectivity index (χ3n) is 5.39. The highest BCUT2D eigenvalue weighted by molar-refractivity contribution is 7.89. The minimum atomic E-state index is -0.467. The summed E-state index contributed by atoms with van der Waals surface area (Å²) < 4.78 is 14.1. The third kappa shape index (κ3) is 4.58. The van der Waals surface area contributed by atoms with Crippen LogP contribution in [-0.2, 0) is 10.2 Å². The molecule has 0 aliphatic carbocycles. The van der Waals surface area contributed by atoms with Gasteiger partial charge in [-0.2, -0.15) is 0 Å². The van der Waals surface area contributed by atoms with Gasteiger partial charge in [0.1, 0.15) is 12.0 Å². The molecule has 0 radical (unpaired) electrons. The van der Waals surface area contributed by atoms with E-state index in [1.54, 1.807) is 18.2 Å². The van der Waals surface area contributed by atoms with Gasteiger partial charge >= 0.3 is 0 Å². The van der Waals surface area contributed by atoms with Crippen LogP contribution in [0.2, 0.25) is 0 Å². The number of piperidine rings is 1. The van der Waals surface area contributed by atoms with Gasteiger partial charge in [0.15, 0.2) is 0 Å². The zero-order chi connectivity index (χ0) is 20.7. The Morgan fingerprint density at radius 2 is 1.76 bits per heavy atom. The van der Waals surface area contributed by atoms with Crippen molar-refractivity contribution in [2.75, 3.05) is 13.1 Å². The molecule has 1 aliphatic rings. The molecule has 5 N–H and O–H groups in total. The van der Waals surface area contributed by atoms with Gasteiger partial charge < -0.3 is 25.3 Å². The highest BCUT2D eigenvalue weighted by Gasteiger charge is 2.36. The van der Waals surface area contributed by atoms with Gasteiger partial charge in [-0.05, 0) is 36.6 Å². The minimum Gasteiger partial charge on any atom is -0.403 e. The Bertz CT molecular complexity index is 891. The van der Waals surface area contributed by atoms with E-state index in [0.29, 0.717) is 42.9 Å². The van der Waals surface area contributed by atoms with E-state index in [4.69, 9.17) is 20.2 Å². The lowest BCUT2D eigenvalue weighted by Crippen LogP contribution is -2.43. The molecule has 0 atom stereocenters. The van der Waals surface area contributed by atoms with Crippen molar-refractivity contribution in [1.29, 1.82) is 0 Å². The van der Waals surface area contributed by atoms with Crippen LogP contribution in [0.5, 0.6) is 5.75 Å². The molecule has 0 aromatic heterocycles. The zero-order valence-electron chi connectivity index (χ0n) is 16.0. The van der Waals surface area contributed by atoms with E-state index in [2.05, 4.69) is 4.90 Å². The molecule has 0 saturated carbocycles. The molecule has 1 aliphatic heterocycles. The van der Waals surface area contributed by atoms with Gasteiger partial charge in [0, 0.05) is 30.5 Å². The number of hydrogen-bond acceptors (Lipinski definition) is 7. The summed E-state index contributed by atoms with van der Waals surface area (Å²) in [7, 11) is 0. The first-order chi connectivity index (χ1) is 14.1. The summed E-state index contributed by atoms with van der Waals surface area (Å²) in [5.41, 5.74) is 14.7. The number of carbonyl (C=O) groups excluding carboxylic acids is 1. The number of nitrogens with zero attached hydrogens (tertiary/aromatic N) is 1. The van der Waals surface area contributed by atoms with Crippen LogP contribution in [-0.4, -0.2) is 28.8 Å². The van der Waals surface area contributed by atoms with Crippen molar-refractivity contribution < 1.29 is 13.5 Å². The molecule has 1 fully saturated rings. The molecule has 152 valence electrons. The Hall–Kier alpha value is -2.90. The SMILES string of the molecule is N/C=C(\C=C(/N)c1ccccc1OSO)N1CCC(C=O)(c2ccccc2)CC1. The average molecular weight is 412 g/mol. The van der Waals surface area contributed by atoms with Crippen LogP contribution >= 0.6 is 12.3 Å². The van der Waals surface area contributed by atoms with Gasteiger partial charge in [-0.3, -0.25) is 4.55 Å². The largest absolute Gasteiger partial charge is 0.403 e. The first-order valence-electron chi connectivity index (χ1n) is 9.37. The normalized spacial score (nSPS) is 17.1. The molecule has 0 spiro atoms. The number of para-hydroxylation sites is 1. The molecule has 1 heterocycles. The fraction of sp³-hybridized carbons (Fsp3) is 0.227. The monoisotopic (exact) mass is 411 g/mol. The number of hydrogen-bond donors (Lipinski definition) is 3. The summed E-state index contributed by atoms with van der Waals surface area (Å²) in [4.78, 5) is 14.1. The van der Waals surface area contributed by atoms with Crippen LogP contribution in [0.25, 0.3) is 5.70 Å². The first-order valence-corrected chi connectivity index (χ1v) is 10.1. The summed E-state index contributed by atoms with van der Waals surface area (Å²) in [6, 6.07) is 17.1. The summed E-state index contributed by atoms with van der Waals surface area (Å²) in [6.07, 6.45) is 5.79. The topological polar surface area (TPSA) is 102 Å². The molecule has 1 saturated heterocycles. The van der Waals surface area contributed by atoms with Crippen LogP contribution < -0.4 is 15.7 Å². The van der Waals surface area contributed by atoms with E-state index in [1.807, 2.05) is 42.5 Å². The molecular weight excluding hydrogens is 386 g/mol. The second-order valence-electron chi connectivity index (χ2n) is 6.97. The lowest BCUT2D eigenvalue weighted by atomic mass is 9.74. The predicted molar refractivity (Wildman–Crippen MR) is 117 cm³/mol. The molecule has 0 bridgehead atoms. The molecule has 2 aromatic rings. The summed E-state index contributed by atoms with van der Waals surface area (Å²) in [5, 5.41) is 0. The zero-order valence-corrected chi connectivity index (χ0v) is 16.8. The van der Waals surface area contributed by atoms with Gasteiger partial charge in [0.05, 0.1) is 11.1 Å². The maximum absolute atomic E-state index is 12.0. The fourth-order valence-electron chi connectivity index (χ4n) is 3.71. The molecule has 0 unspecified atom stereocenters. The van der Waals surface area contributed by atoms with Crippen LogP contribution in [0.1, 0.15) is 24.0 Å². The number of nitrogens with two attached hydrogens (primary N) is 2. The molecule has 2 aromatic carbocycles. The second-order valence-corrected chi connectivity index (χ2v) is 7.29. The van der Waals surface area contributed by atoms with E-state index in [-0.39, 0.29) is 12.3 Å². The van der Waals surface area contributed by atoms with Gasteiger partial charge in [-0.1, -0.05) is 42.5 Å². The second kappa shape index (κ2) is 9.54. The standard InChI is InChI=1S/C22H25N3O3S/c23-15-18(14-20(24)19-8-4-5-9-21(19)28-29-27)25-12-10-22(16-26,11-13-25)17-6-2-1-3-7-17/h1-9,14-16,27H,10-13,23-24H2/b18-15+,20-14-. The van der Waals surface area contributed by atoms with Crippen molar-refractivity contribution in [3.05, 3.63) is 83.7 Å². The quantitative estimate of drug-likeness (QED) is 0.364. The molecule has 3 rings (SSSR count). The molecule has 7 heteroatoms. The Balaban J connectivity index is 1.77. The molecule has 6 nitrogen and oxygen atoms in total. The van der Waals surface area contributed by atoms with Crippen molar-refractivity contribution in [2.24, 2.45) is 11.5 Å². The van der Waals surface area contributed by atoms with Gasteiger partial charge in [-0.25, -0.2) is 0 Å². The summed E-state index contributed by atoms with van der Waals surface area (Å²) in [6.45, 7) is 1.37. The molecular formula is C22H25N3O3S. The van der Waals surface area contributed by atoms with Gasteiger partial charge in [0.25, 0.3) is 0 Å². The maximum Gasteiger partial charge on any atom is 0.222 e. The maximum atomic E-state index is 12.0. The molecule has 0 amide bonds. The van der Waals surface area contributed by atoms with Gasteiger partial charge in [0.2, 0.25) is 12.3 Å². The van der Waals surface area contributed by atoms with Crippen molar-refractivity contribution >= 4 is 24.3 Å². The number of aldehydes is 1. The van der Waals surface area contributed by atoms with Crippen molar-refractivity contribution in [1.82, 2.24) is 4.90 Å². The van der Waals surface area contributed by atoms with Crippen LogP contribution in [0, 0.1) is 0 Å². The van der Waals surface area contributed by atoms with Crippen LogP contribution in [0.3, 0.4) is 0 Å². The Kier molecular flexibility index (Phi) is 6.85. The van der Waals surface area contributed by atoms with Crippen molar-refractivity contribution in [3.63, 3.8) is 0 Å². The highest BCUT2D eigenvalue weighted by atomic mass is 32.2. The van der Waals surface area contributed by atoms with Gasteiger partial charge in [-0.15, -0.1) is 0 Å². The lowest BCUT2D eigenvalue weighted by Gasteiger charge is -2.40. The van der Waals surface area contributed by atoms with Crippen LogP contribution in [0.4, 0.5) is 0 Å². The van der Waals surface area contributed by atoms with Crippen molar-refractivity contribution in [3.8, 4) is 5.75 Å². The highest BCUT2D eigenvalue weighted by Crippen LogP contribution is 2.35. The summed E-state index contributed by atoms with van der Waals surface area (Å²) in [5.74, 6) is 0.466. The van der Waals surface area contributed by atoms with E-state index in [1.165, 1.54) is 6.20 Å². The third-order valence-corrected chi connectivity index (χ3v) is 5.65. The Morgan fingerprint density at radius 3 is 2.38 bits per heavy atom. The van der Waals surface area contributed by atoms with E-state index >= 15 is 0 Å². The summed E-state index contributed by atoms with van der Waals surface area (Å²) >= 11 is 0.274. The molecule has 29 heavy (non-hydrogen) atoms. The number of carbonyl (C=O) groups is 1. The number of allylic oxidation sites excluding steroid dienone is 1. The van der Waals surface area contributed by atoms with E-state index in [9.17, 15) is 4.79 Å². The predicted octanol–water partition coefficient (Wildman–Crippen LogP) is 3.52. The number of benzene rings is 2. The number of likely N-dealkylation sites (tertiary alicyclic amines) is 1. The van der Waals surface area contributed by atoms with Crippen LogP contribution in [0.15, 0.2) is 72.6 Å². The minimum absolute atomic E-state index is 0.274. The average Bonchev–Trinajstić information content (AvgIpc) is 2.78. The fourth-order valence-corrected chi connectivity index (χ4v) is 3.93.